The molecule has 0 aliphatic rings. The number of imidazole rings is 1. The highest BCUT2D eigenvalue weighted by Crippen LogP contribution is 2.15. The zero-order valence-electron chi connectivity index (χ0n) is 25.3. The van der Waals surface area contributed by atoms with E-state index in [-0.39, 0.29) is 0 Å². The highest BCUT2D eigenvalue weighted by molar-refractivity contribution is 4.67. The van der Waals surface area contributed by atoms with Gasteiger partial charge in [-0.15, -0.1) is 0 Å². The second-order valence-corrected chi connectivity index (χ2v) is 11.9. The third kappa shape index (κ3) is 20.3. The lowest BCUT2D eigenvalue weighted by Crippen LogP contribution is -2.35. The van der Waals surface area contributed by atoms with Crippen molar-refractivity contribution in [1.29, 1.82) is 0 Å². The Hall–Kier alpha value is -0.790. The average Bonchev–Trinajstić information content (AvgIpc) is 3.36. The van der Waals surface area contributed by atoms with Crippen LogP contribution in [0.25, 0.3) is 0 Å². The Labute approximate surface area is 228 Å². The molecular formula is C34H67N2+. The maximum atomic E-state index is 2.45. The Morgan fingerprint density at radius 3 is 1.28 bits per heavy atom. The molecule has 0 spiro atoms. The van der Waals surface area contributed by atoms with Crippen LogP contribution >= 0.6 is 0 Å². The van der Waals surface area contributed by atoms with E-state index >= 15 is 0 Å². The van der Waals surface area contributed by atoms with E-state index in [0.717, 1.165) is 0 Å². The highest BCUT2D eigenvalue weighted by atomic mass is 15.1. The van der Waals surface area contributed by atoms with E-state index in [4.69, 9.17) is 0 Å². The summed E-state index contributed by atoms with van der Waals surface area (Å²) in [5.74, 6) is 0. The van der Waals surface area contributed by atoms with Crippen molar-refractivity contribution in [1.82, 2.24) is 4.57 Å². The maximum absolute atomic E-state index is 2.45. The van der Waals surface area contributed by atoms with Gasteiger partial charge in [0.1, 0.15) is 12.4 Å². The molecule has 0 bridgehead atoms. The fourth-order valence-corrected chi connectivity index (χ4v) is 5.55. The molecule has 0 aliphatic carbocycles. The van der Waals surface area contributed by atoms with Crippen molar-refractivity contribution in [2.75, 3.05) is 0 Å². The third-order valence-corrected chi connectivity index (χ3v) is 8.22. The summed E-state index contributed by atoms with van der Waals surface area (Å²) in [7, 11) is 0. The molecule has 0 saturated carbocycles. The number of nitrogens with zero attached hydrogens (tertiary/aromatic N) is 2. The van der Waals surface area contributed by atoms with Gasteiger partial charge in [0.25, 0.3) is 0 Å². The molecule has 0 aromatic carbocycles. The number of rotatable bonds is 28. The number of hydrogen-bond donors (Lipinski definition) is 0. The van der Waals surface area contributed by atoms with Crippen LogP contribution in [-0.4, -0.2) is 4.57 Å². The SMILES string of the molecule is CCCCCCCCCCCCCCCn1cc[n+](C(C)CCCCCCCCCCCCCC)c1. The molecular weight excluding hydrogens is 436 g/mol. The van der Waals surface area contributed by atoms with Crippen molar-refractivity contribution in [2.24, 2.45) is 0 Å². The molecule has 2 nitrogen and oxygen atoms in total. The summed E-state index contributed by atoms with van der Waals surface area (Å²) in [5.41, 5.74) is 0. The highest BCUT2D eigenvalue weighted by Gasteiger charge is 2.11. The van der Waals surface area contributed by atoms with E-state index in [9.17, 15) is 0 Å². The summed E-state index contributed by atoms with van der Waals surface area (Å²) >= 11 is 0. The predicted octanol–water partition coefficient (Wildman–Crippen LogP) is 11.5. The monoisotopic (exact) mass is 504 g/mol. The normalized spacial score (nSPS) is 12.4. The molecule has 1 aromatic rings. The van der Waals surface area contributed by atoms with E-state index < -0.39 is 0 Å². The second-order valence-electron chi connectivity index (χ2n) is 11.9. The summed E-state index contributed by atoms with van der Waals surface area (Å²) in [5, 5.41) is 0. The first-order valence-electron chi connectivity index (χ1n) is 16.8. The number of hydrogen-bond acceptors (Lipinski definition) is 0. The second kappa shape index (κ2) is 25.8. The van der Waals surface area contributed by atoms with Crippen LogP contribution in [0, 0.1) is 0 Å². The van der Waals surface area contributed by atoms with E-state index in [0.29, 0.717) is 6.04 Å². The molecule has 1 aromatic heterocycles. The van der Waals surface area contributed by atoms with Gasteiger partial charge in [-0.25, -0.2) is 9.13 Å². The molecule has 2 heteroatoms. The quantitative estimate of drug-likeness (QED) is 0.0794. The van der Waals surface area contributed by atoms with Crippen LogP contribution in [0.5, 0.6) is 0 Å². The molecule has 212 valence electrons. The van der Waals surface area contributed by atoms with E-state index in [1.165, 1.54) is 173 Å². The minimum Gasteiger partial charge on any atom is -0.237 e. The van der Waals surface area contributed by atoms with Crippen LogP contribution in [0.15, 0.2) is 18.7 Å². The zero-order valence-corrected chi connectivity index (χ0v) is 25.3. The average molecular weight is 504 g/mol. The molecule has 0 radical (unpaired) electrons. The zero-order chi connectivity index (χ0) is 25.9. The number of aromatic nitrogens is 2. The fraction of sp³-hybridized carbons (Fsp3) is 0.912. The van der Waals surface area contributed by atoms with Gasteiger partial charge in [-0.05, 0) is 32.6 Å². The summed E-state index contributed by atoms with van der Waals surface area (Å²) in [6.07, 6.45) is 44.1. The van der Waals surface area contributed by atoms with Gasteiger partial charge < -0.3 is 0 Å². The Morgan fingerprint density at radius 2 is 0.861 bits per heavy atom. The summed E-state index contributed by atoms with van der Waals surface area (Å²) in [6.45, 7) is 8.19. The number of unbranched alkanes of at least 4 members (excludes halogenated alkanes) is 23. The number of aryl methyl sites for hydroxylation is 1. The van der Waals surface area contributed by atoms with Gasteiger partial charge in [0, 0.05) is 0 Å². The summed E-state index contributed by atoms with van der Waals surface area (Å²) < 4.78 is 4.86. The van der Waals surface area contributed by atoms with E-state index in [1.807, 2.05) is 0 Å². The van der Waals surface area contributed by atoms with Crippen LogP contribution in [0.1, 0.15) is 194 Å². The van der Waals surface area contributed by atoms with E-state index in [1.54, 1.807) is 0 Å². The van der Waals surface area contributed by atoms with Crippen molar-refractivity contribution < 1.29 is 4.57 Å². The van der Waals surface area contributed by atoms with Crippen molar-refractivity contribution in [3.63, 3.8) is 0 Å². The van der Waals surface area contributed by atoms with Gasteiger partial charge in [0.2, 0.25) is 6.33 Å². The molecule has 0 amide bonds. The van der Waals surface area contributed by atoms with Crippen LogP contribution in [0.2, 0.25) is 0 Å². The molecule has 0 fully saturated rings. The Balaban J connectivity index is 1.90. The molecule has 1 heterocycles. The predicted molar refractivity (Wildman–Crippen MR) is 161 cm³/mol. The van der Waals surface area contributed by atoms with Gasteiger partial charge >= 0.3 is 0 Å². The first-order valence-corrected chi connectivity index (χ1v) is 16.8. The first-order chi connectivity index (χ1) is 17.8. The first kappa shape index (κ1) is 33.2. The molecule has 0 saturated heterocycles. The standard InChI is InChI=1S/C34H67N2/c1-4-6-8-10-12-14-16-18-20-22-24-26-28-30-35-31-32-36(33-35)34(3)29-27-25-23-21-19-17-15-13-11-9-7-5-2/h31-34H,4-30H2,1-3H3/q+1. The van der Waals surface area contributed by atoms with Crippen molar-refractivity contribution in [2.45, 2.75) is 200 Å². The molecule has 1 atom stereocenters. The maximum Gasteiger partial charge on any atom is 0.243 e. The van der Waals surface area contributed by atoms with Crippen LogP contribution in [-0.2, 0) is 6.54 Å². The lowest BCUT2D eigenvalue weighted by Gasteiger charge is -2.08. The molecule has 36 heavy (non-hydrogen) atoms. The van der Waals surface area contributed by atoms with Crippen molar-refractivity contribution in [3.05, 3.63) is 18.7 Å². The van der Waals surface area contributed by atoms with Crippen LogP contribution in [0.4, 0.5) is 0 Å². The molecule has 0 N–H and O–H groups in total. The Morgan fingerprint density at radius 1 is 0.500 bits per heavy atom. The Bertz CT molecular complexity index is 549. The fourth-order valence-electron chi connectivity index (χ4n) is 5.55. The lowest BCUT2D eigenvalue weighted by molar-refractivity contribution is -0.720. The van der Waals surface area contributed by atoms with Crippen LogP contribution in [0.3, 0.4) is 0 Å². The summed E-state index contributed by atoms with van der Waals surface area (Å²) in [6, 6.07) is 0.640. The van der Waals surface area contributed by atoms with Crippen LogP contribution < -0.4 is 4.57 Å². The van der Waals surface area contributed by atoms with Crippen molar-refractivity contribution in [3.8, 4) is 0 Å². The van der Waals surface area contributed by atoms with Crippen molar-refractivity contribution >= 4 is 0 Å². The minimum atomic E-state index is 0.640. The molecule has 0 aliphatic heterocycles. The smallest absolute Gasteiger partial charge is 0.237 e. The molecule has 1 unspecified atom stereocenters. The van der Waals surface area contributed by atoms with Gasteiger partial charge in [-0.1, -0.05) is 155 Å². The van der Waals surface area contributed by atoms with Gasteiger partial charge in [0.15, 0.2) is 0 Å². The van der Waals surface area contributed by atoms with E-state index in [2.05, 4.69) is 48.6 Å². The Kier molecular flexibility index (Phi) is 23.9. The minimum absolute atomic E-state index is 0.640. The molecule has 1 rings (SSSR count). The van der Waals surface area contributed by atoms with Gasteiger partial charge in [0.05, 0.1) is 12.6 Å². The lowest BCUT2D eigenvalue weighted by atomic mass is 10.0. The summed E-state index contributed by atoms with van der Waals surface area (Å²) in [4.78, 5) is 0. The topological polar surface area (TPSA) is 8.81 Å². The van der Waals surface area contributed by atoms with Gasteiger partial charge in [-0.3, -0.25) is 0 Å². The largest absolute Gasteiger partial charge is 0.243 e. The third-order valence-electron chi connectivity index (χ3n) is 8.22. The van der Waals surface area contributed by atoms with Gasteiger partial charge in [-0.2, -0.15) is 0 Å².